The van der Waals surface area contributed by atoms with Crippen LogP contribution in [0.5, 0.6) is 0 Å². The molecule has 1 aromatic carbocycles. The summed E-state index contributed by atoms with van der Waals surface area (Å²) in [4.78, 5) is 18.6. The number of rotatable bonds is 6. The highest BCUT2D eigenvalue weighted by Crippen LogP contribution is 2.39. The second kappa shape index (κ2) is 7.85. The average Bonchev–Trinajstić information content (AvgIpc) is 3.45. The van der Waals surface area contributed by atoms with Crippen LogP contribution < -0.4 is 4.72 Å². The molecule has 2 aromatic rings. The Morgan fingerprint density at radius 1 is 1.28 bits per heavy atom. The van der Waals surface area contributed by atoms with Gasteiger partial charge in [-0.15, -0.1) is 0 Å². The number of carbonyl (C=O) groups is 1. The van der Waals surface area contributed by atoms with Crippen molar-refractivity contribution in [3.63, 3.8) is 0 Å². The lowest BCUT2D eigenvalue weighted by molar-refractivity contribution is -0.136. The van der Waals surface area contributed by atoms with Crippen LogP contribution >= 0.6 is 0 Å². The van der Waals surface area contributed by atoms with Gasteiger partial charge in [-0.25, -0.2) is 8.42 Å². The molecular formula is C19H24N4O5S. The van der Waals surface area contributed by atoms with E-state index in [0.717, 1.165) is 12.8 Å². The molecule has 29 heavy (non-hydrogen) atoms. The van der Waals surface area contributed by atoms with Gasteiger partial charge in [0.05, 0.1) is 24.2 Å². The van der Waals surface area contributed by atoms with Crippen LogP contribution in [-0.2, 0) is 19.6 Å². The highest BCUT2D eigenvalue weighted by Gasteiger charge is 2.31. The van der Waals surface area contributed by atoms with Crippen LogP contribution in [0, 0.1) is 6.92 Å². The maximum Gasteiger partial charge on any atom is 0.241 e. The molecule has 1 aromatic heterocycles. The number of hydrogen-bond donors (Lipinski definition) is 1. The second-order valence-electron chi connectivity index (χ2n) is 7.49. The molecule has 0 radical (unpaired) electrons. The number of amides is 1. The van der Waals surface area contributed by atoms with E-state index in [0.29, 0.717) is 55.1 Å². The molecule has 156 valence electrons. The Morgan fingerprint density at radius 2 is 2.00 bits per heavy atom. The number of ether oxygens (including phenoxy) is 1. The molecule has 1 saturated carbocycles. The molecule has 1 N–H and O–H groups in total. The second-order valence-corrected chi connectivity index (χ2v) is 9.17. The van der Waals surface area contributed by atoms with E-state index < -0.39 is 16.1 Å². The summed E-state index contributed by atoms with van der Waals surface area (Å²) < 4.78 is 39.0. The Labute approximate surface area is 169 Å². The Bertz CT molecular complexity index is 1010. The van der Waals surface area contributed by atoms with E-state index in [1.165, 1.54) is 6.07 Å². The average molecular weight is 420 g/mol. The van der Waals surface area contributed by atoms with Gasteiger partial charge in [0.25, 0.3) is 0 Å². The Hall–Kier alpha value is -2.30. The lowest BCUT2D eigenvalue weighted by atomic mass is 10.1. The van der Waals surface area contributed by atoms with Gasteiger partial charge in [0.1, 0.15) is 0 Å². The van der Waals surface area contributed by atoms with Crippen LogP contribution in [0.2, 0.25) is 0 Å². The number of hydrogen-bond acceptors (Lipinski definition) is 7. The van der Waals surface area contributed by atoms with Gasteiger partial charge in [-0.2, -0.15) is 9.71 Å². The van der Waals surface area contributed by atoms with Crippen molar-refractivity contribution < 1.29 is 22.5 Å². The zero-order chi connectivity index (χ0) is 20.6. The molecule has 1 saturated heterocycles. The van der Waals surface area contributed by atoms with Crippen molar-refractivity contribution in [3.8, 4) is 11.4 Å². The molecule has 1 atom stereocenters. The quantitative estimate of drug-likeness (QED) is 0.752. The van der Waals surface area contributed by atoms with Gasteiger partial charge in [-0.1, -0.05) is 17.3 Å². The van der Waals surface area contributed by atoms with E-state index in [1.807, 2.05) is 0 Å². The standard InChI is InChI=1S/C19H24N4O5S/c1-12-3-4-15(17-20-18(28-21-17)14-5-6-14)11-16(12)29(25,26)22-13(2)19(24)23-7-9-27-10-8-23/h3-4,11,13-14,22H,5-10H2,1-2H3. The van der Waals surface area contributed by atoms with Crippen LogP contribution in [-0.4, -0.2) is 61.7 Å². The van der Waals surface area contributed by atoms with Crippen molar-refractivity contribution >= 4 is 15.9 Å². The Balaban J connectivity index is 1.54. The van der Waals surface area contributed by atoms with Gasteiger partial charge in [0.15, 0.2) is 0 Å². The molecule has 1 amide bonds. The molecule has 1 aliphatic heterocycles. The number of nitrogens with one attached hydrogen (secondary N) is 1. The number of sulfonamides is 1. The number of benzene rings is 1. The van der Waals surface area contributed by atoms with E-state index in [9.17, 15) is 13.2 Å². The minimum absolute atomic E-state index is 0.0920. The summed E-state index contributed by atoms with van der Waals surface area (Å²) >= 11 is 0. The summed E-state index contributed by atoms with van der Waals surface area (Å²) in [7, 11) is -3.92. The van der Waals surface area contributed by atoms with Crippen molar-refractivity contribution in [2.24, 2.45) is 0 Å². The van der Waals surface area contributed by atoms with E-state index in [2.05, 4.69) is 14.9 Å². The predicted molar refractivity (Wildman–Crippen MR) is 104 cm³/mol. The molecule has 0 bridgehead atoms. The van der Waals surface area contributed by atoms with Crippen LogP contribution in [0.4, 0.5) is 0 Å². The maximum absolute atomic E-state index is 13.0. The van der Waals surface area contributed by atoms with Gasteiger partial charge in [0.2, 0.25) is 27.6 Å². The summed E-state index contributed by atoms with van der Waals surface area (Å²) in [6.07, 6.45) is 2.07. The zero-order valence-electron chi connectivity index (χ0n) is 16.4. The smallest absolute Gasteiger partial charge is 0.241 e. The number of morpholine rings is 1. The number of nitrogens with zero attached hydrogens (tertiary/aromatic N) is 3. The summed E-state index contributed by atoms with van der Waals surface area (Å²) in [6, 6.07) is 4.10. The van der Waals surface area contributed by atoms with Gasteiger partial charge >= 0.3 is 0 Å². The fourth-order valence-electron chi connectivity index (χ4n) is 3.28. The Morgan fingerprint density at radius 3 is 2.69 bits per heavy atom. The fourth-order valence-corrected chi connectivity index (χ4v) is 4.75. The van der Waals surface area contributed by atoms with Gasteiger partial charge in [0, 0.05) is 24.6 Å². The zero-order valence-corrected chi connectivity index (χ0v) is 17.2. The summed E-state index contributed by atoms with van der Waals surface area (Å²) in [5.41, 5.74) is 1.12. The SMILES string of the molecule is Cc1ccc(-c2noc(C3CC3)n2)cc1S(=O)(=O)NC(C)C(=O)N1CCOCC1. The highest BCUT2D eigenvalue weighted by atomic mass is 32.2. The summed E-state index contributed by atoms with van der Waals surface area (Å²) in [6.45, 7) is 5.09. The third-order valence-corrected chi connectivity index (χ3v) is 6.81. The van der Waals surface area contributed by atoms with E-state index in [1.54, 1.807) is 30.9 Å². The van der Waals surface area contributed by atoms with Crippen molar-refractivity contribution in [2.45, 2.75) is 43.5 Å². The van der Waals surface area contributed by atoms with Crippen molar-refractivity contribution in [3.05, 3.63) is 29.7 Å². The third kappa shape index (κ3) is 4.34. The van der Waals surface area contributed by atoms with Gasteiger partial charge in [-0.3, -0.25) is 4.79 Å². The number of aromatic nitrogens is 2. The molecule has 10 heteroatoms. The predicted octanol–water partition coefficient (Wildman–Crippen LogP) is 1.45. The summed E-state index contributed by atoms with van der Waals surface area (Å²) in [5, 5.41) is 3.98. The fraction of sp³-hybridized carbons (Fsp3) is 0.526. The molecule has 0 spiro atoms. The number of aryl methyl sites for hydroxylation is 1. The van der Waals surface area contributed by atoms with Gasteiger partial charge < -0.3 is 14.2 Å². The molecular weight excluding hydrogens is 396 g/mol. The normalized spacial score (nSPS) is 18.6. The maximum atomic E-state index is 13.0. The van der Waals surface area contributed by atoms with Crippen LogP contribution in [0.25, 0.3) is 11.4 Å². The number of carbonyl (C=O) groups excluding carboxylic acids is 1. The molecule has 2 aliphatic rings. The lowest BCUT2D eigenvalue weighted by Gasteiger charge is -2.29. The topological polar surface area (TPSA) is 115 Å². The van der Waals surface area contributed by atoms with Gasteiger partial charge in [-0.05, 0) is 38.3 Å². The van der Waals surface area contributed by atoms with Crippen molar-refractivity contribution in [1.29, 1.82) is 0 Å². The third-order valence-electron chi connectivity index (χ3n) is 5.13. The monoisotopic (exact) mass is 420 g/mol. The van der Waals surface area contributed by atoms with Crippen molar-refractivity contribution in [1.82, 2.24) is 19.8 Å². The minimum atomic E-state index is -3.92. The molecule has 1 unspecified atom stereocenters. The Kier molecular flexibility index (Phi) is 5.41. The molecule has 1 aliphatic carbocycles. The first kappa shape index (κ1) is 20.0. The minimum Gasteiger partial charge on any atom is -0.378 e. The van der Waals surface area contributed by atoms with E-state index in [4.69, 9.17) is 9.26 Å². The molecule has 2 fully saturated rings. The molecule has 2 heterocycles. The molecule has 9 nitrogen and oxygen atoms in total. The first-order valence-electron chi connectivity index (χ1n) is 9.68. The molecule has 4 rings (SSSR count). The van der Waals surface area contributed by atoms with Crippen LogP contribution in [0.3, 0.4) is 0 Å². The first-order chi connectivity index (χ1) is 13.8. The largest absolute Gasteiger partial charge is 0.378 e. The lowest BCUT2D eigenvalue weighted by Crippen LogP contribution is -2.50. The van der Waals surface area contributed by atoms with E-state index in [-0.39, 0.29) is 10.8 Å². The van der Waals surface area contributed by atoms with E-state index >= 15 is 0 Å². The summed E-state index contributed by atoms with van der Waals surface area (Å²) in [5.74, 6) is 1.00. The highest BCUT2D eigenvalue weighted by molar-refractivity contribution is 7.89. The van der Waals surface area contributed by atoms with Crippen molar-refractivity contribution in [2.75, 3.05) is 26.3 Å². The van der Waals surface area contributed by atoms with Crippen LogP contribution in [0.1, 0.15) is 37.1 Å². The first-order valence-corrected chi connectivity index (χ1v) is 11.2. The van der Waals surface area contributed by atoms with Crippen LogP contribution in [0.15, 0.2) is 27.6 Å².